The van der Waals surface area contributed by atoms with E-state index in [9.17, 15) is 0 Å². The van der Waals surface area contributed by atoms with Crippen LogP contribution in [0.2, 0.25) is 0 Å². The number of nitrogens with zero attached hydrogens (tertiary/aromatic N) is 1. The number of aromatic nitrogens is 1. The fourth-order valence-corrected chi connectivity index (χ4v) is 1.51. The number of pyridine rings is 1. The van der Waals surface area contributed by atoms with E-state index in [2.05, 4.69) is 47.8 Å². The molecule has 0 saturated carbocycles. The predicted octanol–water partition coefficient (Wildman–Crippen LogP) is 1.42. The molecule has 0 radical (unpaired) electrons. The number of hydrogen-bond donors (Lipinski definition) is 0. The molecule has 3 heteroatoms. The molecule has 0 bridgehead atoms. The molecule has 1 heterocycles. The second-order valence-corrected chi connectivity index (χ2v) is 3.99. The fourth-order valence-electron chi connectivity index (χ4n) is 1.51. The van der Waals surface area contributed by atoms with Crippen LogP contribution in [-0.2, 0) is 11.3 Å². The molecule has 0 atom stereocenters. The van der Waals surface area contributed by atoms with Crippen molar-refractivity contribution in [2.75, 3.05) is 0 Å². The number of aliphatic carboxylic acids is 1. The van der Waals surface area contributed by atoms with E-state index in [0.29, 0.717) is 0 Å². The van der Waals surface area contributed by atoms with Gasteiger partial charge >= 0.3 is 0 Å². The Hall–Kier alpha value is -2.42. The Bertz CT molecular complexity index is 514. The SMILES string of the molecule is C=Cc1ccc(C[n+]2ccccc2)cc1.CC(=O)[O-]. The second-order valence-electron chi connectivity index (χ2n) is 3.99. The first-order chi connectivity index (χ1) is 9.11. The van der Waals surface area contributed by atoms with Gasteiger partial charge in [-0.2, -0.15) is 0 Å². The second kappa shape index (κ2) is 7.82. The van der Waals surface area contributed by atoms with Gasteiger partial charge in [0.15, 0.2) is 18.9 Å². The van der Waals surface area contributed by atoms with Crippen molar-refractivity contribution in [3.05, 3.63) is 72.6 Å². The van der Waals surface area contributed by atoms with Crippen LogP contribution < -0.4 is 9.67 Å². The Morgan fingerprint density at radius 3 is 2.21 bits per heavy atom. The van der Waals surface area contributed by atoms with E-state index in [0.717, 1.165) is 19.0 Å². The minimum atomic E-state index is -1.08. The molecule has 0 saturated heterocycles. The summed E-state index contributed by atoms with van der Waals surface area (Å²) in [6, 6.07) is 14.6. The number of carboxylic acids is 1. The van der Waals surface area contributed by atoms with E-state index in [1.165, 1.54) is 5.56 Å². The van der Waals surface area contributed by atoms with Crippen molar-refractivity contribution in [1.82, 2.24) is 0 Å². The molecular weight excluding hydrogens is 238 g/mol. The van der Waals surface area contributed by atoms with Crippen molar-refractivity contribution in [3.8, 4) is 0 Å². The zero-order valence-electron chi connectivity index (χ0n) is 11.0. The molecule has 19 heavy (non-hydrogen) atoms. The van der Waals surface area contributed by atoms with Gasteiger partial charge in [0.05, 0.1) is 0 Å². The maximum absolute atomic E-state index is 8.89. The average molecular weight is 255 g/mol. The number of hydrogen-bond acceptors (Lipinski definition) is 2. The standard InChI is InChI=1S/C14H14N.C2H4O2/c1-2-13-6-8-14(9-7-13)12-15-10-4-3-5-11-15;1-2(3)4/h2-11H,1,12H2;1H3,(H,3,4)/q+1;/p-1. The molecule has 0 aliphatic rings. The summed E-state index contributed by atoms with van der Waals surface area (Å²) >= 11 is 0. The summed E-state index contributed by atoms with van der Waals surface area (Å²) in [5.74, 6) is -1.08. The van der Waals surface area contributed by atoms with Gasteiger partial charge in [0.25, 0.3) is 0 Å². The first-order valence-electron chi connectivity index (χ1n) is 5.95. The van der Waals surface area contributed by atoms with Crippen LogP contribution in [0.5, 0.6) is 0 Å². The first-order valence-corrected chi connectivity index (χ1v) is 5.95. The van der Waals surface area contributed by atoms with Crippen LogP contribution in [-0.4, -0.2) is 5.97 Å². The number of carbonyl (C=O) groups excluding carboxylic acids is 1. The number of benzene rings is 1. The molecule has 3 nitrogen and oxygen atoms in total. The minimum Gasteiger partial charge on any atom is -0.550 e. The van der Waals surface area contributed by atoms with Crippen LogP contribution in [0.4, 0.5) is 0 Å². The highest BCUT2D eigenvalue weighted by Gasteiger charge is 1.99. The summed E-state index contributed by atoms with van der Waals surface area (Å²) in [6.07, 6.45) is 6.00. The average Bonchev–Trinajstić information content (AvgIpc) is 2.40. The molecular formula is C16H17NO2. The lowest BCUT2D eigenvalue weighted by Crippen LogP contribution is -2.32. The molecule has 0 spiro atoms. The van der Waals surface area contributed by atoms with E-state index in [1.54, 1.807) is 0 Å². The third-order valence-corrected chi connectivity index (χ3v) is 2.36. The van der Waals surface area contributed by atoms with E-state index in [1.807, 2.05) is 24.3 Å². The highest BCUT2D eigenvalue weighted by Crippen LogP contribution is 2.04. The summed E-state index contributed by atoms with van der Waals surface area (Å²) in [5, 5.41) is 8.89. The Balaban J connectivity index is 0.000000399. The van der Waals surface area contributed by atoms with Gasteiger partial charge in [0.2, 0.25) is 0 Å². The fraction of sp³-hybridized carbons (Fsp3) is 0.125. The van der Waals surface area contributed by atoms with Gasteiger partial charge in [0, 0.05) is 23.7 Å². The van der Waals surface area contributed by atoms with Gasteiger partial charge in [-0.15, -0.1) is 0 Å². The van der Waals surface area contributed by atoms with Crippen molar-refractivity contribution in [2.45, 2.75) is 13.5 Å². The van der Waals surface area contributed by atoms with Gasteiger partial charge in [-0.1, -0.05) is 43.0 Å². The third kappa shape index (κ3) is 6.17. The smallest absolute Gasteiger partial charge is 0.173 e. The topological polar surface area (TPSA) is 44.0 Å². The minimum absolute atomic E-state index is 0.915. The molecule has 0 aliphatic heterocycles. The molecule has 0 amide bonds. The van der Waals surface area contributed by atoms with Gasteiger partial charge in [-0.25, -0.2) is 4.57 Å². The van der Waals surface area contributed by atoms with Gasteiger partial charge in [-0.05, 0) is 12.5 Å². The van der Waals surface area contributed by atoms with E-state index in [-0.39, 0.29) is 0 Å². The molecule has 0 unspecified atom stereocenters. The largest absolute Gasteiger partial charge is 0.550 e. The molecule has 1 aromatic carbocycles. The monoisotopic (exact) mass is 255 g/mol. The van der Waals surface area contributed by atoms with Crippen LogP contribution in [0.3, 0.4) is 0 Å². The normalized spacial score (nSPS) is 9.11. The van der Waals surface area contributed by atoms with Gasteiger partial charge < -0.3 is 9.90 Å². The maximum Gasteiger partial charge on any atom is 0.173 e. The van der Waals surface area contributed by atoms with Crippen molar-refractivity contribution in [1.29, 1.82) is 0 Å². The molecule has 98 valence electrons. The zero-order valence-corrected chi connectivity index (χ0v) is 11.0. The summed E-state index contributed by atoms with van der Waals surface area (Å²) in [7, 11) is 0. The Labute approximate surface area is 113 Å². The molecule has 0 fully saturated rings. The highest BCUT2D eigenvalue weighted by atomic mass is 16.4. The van der Waals surface area contributed by atoms with Crippen LogP contribution in [0.25, 0.3) is 6.08 Å². The van der Waals surface area contributed by atoms with Crippen LogP contribution in [0.15, 0.2) is 61.4 Å². The predicted molar refractivity (Wildman–Crippen MR) is 73.0 cm³/mol. The Morgan fingerprint density at radius 2 is 1.74 bits per heavy atom. The number of rotatable bonds is 3. The Morgan fingerprint density at radius 1 is 1.21 bits per heavy atom. The number of carbonyl (C=O) groups is 1. The Kier molecular flexibility index (Phi) is 6.03. The van der Waals surface area contributed by atoms with E-state index >= 15 is 0 Å². The van der Waals surface area contributed by atoms with Crippen molar-refractivity contribution in [2.24, 2.45) is 0 Å². The summed E-state index contributed by atoms with van der Waals surface area (Å²) in [4.78, 5) is 8.89. The van der Waals surface area contributed by atoms with Crippen molar-refractivity contribution >= 4 is 12.0 Å². The van der Waals surface area contributed by atoms with Crippen molar-refractivity contribution in [3.63, 3.8) is 0 Å². The molecule has 2 rings (SSSR count). The van der Waals surface area contributed by atoms with Crippen LogP contribution in [0.1, 0.15) is 18.1 Å². The molecule has 0 aliphatic carbocycles. The molecule has 2 aromatic rings. The van der Waals surface area contributed by atoms with Gasteiger partial charge in [-0.3, -0.25) is 0 Å². The summed E-state index contributed by atoms with van der Waals surface area (Å²) in [6.45, 7) is 5.63. The zero-order chi connectivity index (χ0) is 14.1. The molecule has 1 aromatic heterocycles. The number of carboxylic acid groups (broad SMARTS) is 1. The van der Waals surface area contributed by atoms with Gasteiger partial charge in [0.1, 0.15) is 0 Å². The lowest BCUT2D eigenvalue weighted by Gasteiger charge is -1.98. The first kappa shape index (κ1) is 14.6. The lowest BCUT2D eigenvalue weighted by atomic mass is 10.1. The van der Waals surface area contributed by atoms with Crippen LogP contribution in [0, 0.1) is 0 Å². The maximum atomic E-state index is 8.89. The lowest BCUT2D eigenvalue weighted by molar-refractivity contribution is -0.688. The third-order valence-electron chi connectivity index (χ3n) is 2.36. The summed E-state index contributed by atoms with van der Waals surface area (Å²) in [5.41, 5.74) is 2.47. The highest BCUT2D eigenvalue weighted by molar-refractivity contribution is 5.60. The van der Waals surface area contributed by atoms with E-state index in [4.69, 9.17) is 9.90 Å². The quantitative estimate of drug-likeness (QED) is 0.779. The van der Waals surface area contributed by atoms with Crippen molar-refractivity contribution < 1.29 is 14.5 Å². The summed E-state index contributed by atoms with van der Waals surface area (Å²) < 4.78 is 2.16. The van der Waals surface area contributed by atoms with E-state index < -0.39 is 5.97 Å². The van der Waals surface area contributed by atoms with Crippen LogP contribution >= 0.6 is 0 Å². The molecule has 0 N–H and O–H groups in total.